The third kappa shape index (κ3) is 2.72. The second-order valence-electron chi connectivity index (χ2n) is 5.53. The summed E-state index contributed by atoms with van der Waals surface area (Å²) in [6, 6.07) is 2.67. The van der Waals surface area contributed by atoms with Crippen molar-refractivity contribution in [3.63, 3.8) is 0 Å². The van der Waals surface area contributed by atoms with Gasteiger partial charge in [0.05, 0.1) is 0 Å². The van der Waals surface area contributed by atoms with Gasteiger partial charge in [0.25, 0.3) is 0 Å². The number of piperazine rings is 1. The molecular weight excluding hydrogens is 238 g/mol. The standard InChI is InChI=1S/C14H23N5/c1-15-11-12-3-4-13(12)18-7-9-19(10-8-18)14-16-5-2-6-17-14/h2,5-6,12-13,15H,3-4,7-11H2,1H3. The lowest BCUT2D eigenvalue weighted by Gasteiger charge is -2.47. The summed E-state index contributed by atoms with van der Waals surface area (Å²) in [6.45, 7) is 5.54. The molecule has 1 aromatic heterocycles. The highest BCUT2D eigenvalue weighted by molar-refractivity contribution is 5.29. The van der Waals surface area contributed by atoms with Gasteiger partial charge >= 0.3 is 0 Å². The van der Waals surface area contributed by atoms with E-state index in [1.807, 2.05) is 18.5 Å². The fraction of sp³-hybridized carbons (Fsp3) is 0.714. The van der Waals surface area contributed by atoms with Crippen LogP contribution in [0.3, 0.4) is 0 Å². The number of hydrogen-bond donors (Lipinski definition) is 1. The first-order valence-electron chi connectivity index (χ1n) is 7.29. The van der Waals surface area contributed by atoms with Crippen LogP contribution >= 0.6 is 0 Å². The molecule has 1 aliphatic heterocycles. The van der Waals surface area contributed by atoms with Crippen molar-refractivity contribution in [2.24, 2.45) is 5.92 Å². The Kier molecular flexibility index (Phi) is 3.94. The van der Waals surface area contributed by atoms with E-state index in [2.05, 4.69) is 32.1 Å². The van der Waals surface area contributed by atoms with Gasteiger partial charge in [0.15, 0.2) is 0 Å². The van der Waals surface area contributed by atoms with Crippen molar-refractivity contribution in [2.45, 2.75) is 18.9 Å². The van der Waals surface area contributed by atoms with Crippen molar-refractivity contribution in [1.82, 2.24) is 20.2 Å². The first-order valence-corrected chi connectivity index (χ1v) is 7.29. The average Bonchev–Trinajstić information content (AvgIpc) is 2.45. The van der Waals surface area contributed by atoms with E-state index < -0.39 is 0 Å². The summed E-state index contributed by atoms with van der Waals surface area (Å²) in [5, 5.41) is 3.32. The SMILES string of the molecule is CNCC1CCC1N1CCN(c2ncccn2)CC1. The van der Waals surface area contributed by atoms with Gasteiger partial charge < -0.3 is 10.2 Å². The van der Waals surface area contributed by atoms with Crippen LogP contribution in [0.5, 0.6) is 0 Å². The average molecular weight is 261 g/mol. The van der Waals surface area contributed by atoms with Gasteiger partial charge in [-0.25, -0.2) is 9.97 Å². The Balaban J connectivity index is 1.52. The molecule has 19 heavy (non-hydrogen) atoms. The Bertz CT molecular complexity index is 388. The minimum atomic E-state index is 0.797. The maximum absolute atomic E-state index is 4.34. The van der Waals surface area contributed by atoms with Crippen molar-refractivity contribution in [1.29, 1.82) is 0 Å². The van der Waals surface area contributed by atoms with Crippen LogP contribution in [0.2, 0.25) is 0 Å². The van der Waals surface area contributed by atoms with Crippen LogP contribution in [-0.2, 0) is 0 Å². The zero-order chi connectivity index (χ0) is 13.1. The molecule has 2 fully saturated rings. The van der Waals surface area contributed by atoms with E-state index in [1.54, 1.807) is 0 Å². The van der Waals surface area contributed by atoms with Gasteiger partial charge in [-0.05, 0) is 38.4 Å². The summed E-state index contributed by atoms with van der Waals surface area (Å²) in [4.78, 5) is 13.6. The van der Waals surface area contributed by atoms with Gasteiger partial charge in [-0.1, -0.05) is 0 Å². The molecule has 0 bridgehead atoms. The largest absolute Gasteiger partial charge is 0.338 e. The lowest BCUT2D eigenvalue weighted by Crippen LogP contribution is -2.57. The molecule has 1 saturated heterocycles. The number of rotatable bonds is 4. The smallest absolute Gasteiger partial charge is 0.225 e. The topological polar surface area (TPSA) is 44.3 Å². The molecule has 1 saturated carbocycles. The van der Waals surface area contributed by atoms with Crippen molar-refractivity contribution in [3.05, 3.63) is 18.5 Å². The highest BCUT2D eigenvalue weighted by atomic mass is 15.3. The quantitative estimate of drug-likeness (QED) is 0.860. The summed E-state index contributed by atoms with van der Waals surface area (Å²) in [7, 11) is 2.06. The van der Waals surface area contributed by atoms with Gasteiger partial charge in [0.2, 0.25) is 5.95 Å². The number of hydrogen-bond acceptors (Lipinski definition) is 5. The lowest BCUT2D eigenvalue weighted by molar-refractivity contribution is 0.0580. The maximum Gasteiger partial charge on any atom is 0.225 e. The van der Waals surface area contributed by atoms with Crippen LogP contribution in [-0.4, -0.2) is 60.7 Å². The van der Waals surface area contributed by atoms with E-state index in [0.29, 0.717) is 0 Å². The molecule has 1 N–H and O–H groups in total. The highest BCUT2D eigenvalue weighted by Gasteiger charge is 2.36. The van der Waals surface area contributed by atoms with Crippen LogP contribution in [0.15, 0.2) is 18.5 Å². The predicted molar refractivity (Wildman–Crippen MR) is 76.3 cm³/mol. The molecule has 0 radical (unpaired) electrons. The first-order chi connectivity index (χ1) is 9.38. The molecule has 0 aromatic carbocycles. The summed E-state index contributed by atoms with van der Waals surface area (Å²) in [5.74, 6) is 1.73. The summed E-state index contributed by atoms with van der Waals surface area (Å²) in [5.41, 5.74) is 0. The Morgan fingerprint density at radius 1 is 1.16 bits per heavy atom. The van der Waals surface area contributed by atoms with E-state index in [0.717, 1.165) is 50.6 Å². The summed E-state index contributed by atoms with van der Waals surface area (Å²) in [6.07, 6.45) is 6.40. The number of nitrogens with one attached hydrogen (secondary N) is 1. The minimum Gasteiger partial charge on any atom is -0.338 e. The number of aromatic nitrogens is 2. The van der Waals surface area contributed by atoms with Gasteiger partial charge in [-0.2, -0.15) is 0 Å². The predicted octanol–water partition coefficient (Wildman–Crippen LogP) is 0.597. The molecule has 3 rings (SSSR count). The van der Waals surface area contributed by atoms with Gasteiger partial charge in [-0.15, -0.1) is 0 Å². The second kappa shape index (κ2) is 5.84. The Morgan fingerprint density at radius 2 is 1.89 bits per heavy atom. The van der Waals surface area contributed by atoms with Crippen molar-refractivity contribution >= 4 is 5.95 Å². The Labute approximate surface area is 115 Å². The molecule has 2 unspecified atom stereocenters. The summed E-state index contributed by atoms with van der Waals surface area (Å²) < 4.78 is 0. The van der Waals surface area contributed by atoms with Crippen molar-refractivity contribution in [2.75, 3.05) is 44.7 Å². The first kappa shape index (κ1) is 12.8. The molecule has 1 aliphatic carbocycles. The van der Waals surface area contributed by atoms with E-state index in [4.69, 9.17) is 0 Å². The lowest BCUT2D eigenvalue weighted by atomic mass is 9.78. The molecule has 5 heteroatoms. The molecule has 104 valence electrons. The zero-order valence-electron chi connectivity index (χ0n) is 11.6. The van der Waals surface area contributed by atoms with Gasteiger partial charge in [0, 0.05) is 44.6 Å². The minimum absolute atomic E-state index is 0.797. The monoisotopic (exact) mass is 261 g/mol. The van der Waals surface area contributed by atoms with E-state index in [9.17, 15) is 0 Å². The van der Waals surface area contributed by atoms with E-state index in [1.165, 1.54) is 12.8 Å². The fourth-order valence-corrected chi connectivity index (χ4v) is 3.24. The molecular formula is C14H23N5. The third-order valence-electron chi connectivity index (χ3n) is 4.46. The third-order valence-corrected chi connectivity index (χ3v) is 4.46. The number of nitrogens with zero attached hydrogens (tertiary/aromatic N) is 4. The molecule has 0 spiro atoms. The van der Waals surface area contributed by atoms with Crippen molar-refractivity contribution < 1.29 is 0 Å². The van der Waals surface area contributed by atoms with Crippen LogP contribution in [0.25, 0.3) is 0 Å². The fourth-order valence-electron chi connectivity index (χ4n) is 3.24. The molecule has 5 nitrogen and oxygen atoms in total. The van der Waals surface area contributed by atoms with Gasteiger partial charge in [0.1, 0.15) is 0 Å². The van der Waals surface area contributed by atoms with Crippen LogP contribution in [0.1, 0.15) is 12.8 Å². The molecule has 2 atom stereocenters. The maximum atomic E-state index is 4.34. The molecule has 2 heterocycles. The van der Waals surface area contributed by atoms with Crippen LogP contribution in [0.4, 0.5) is 5.95 Å². The van der Waals surface area contributed by atoms with Crippen LogP contribution < -0.4 is 10.2 Å². The Morgan fingerprint density at radius 3 is 2.47 bits per heavy atom. The molecule has 0 amide bonds. The van der Waals surface area contributed by atoms with E-state index in [-0.39, 0.29) is 0 Å². The zero-order valence-corrected chi connectivity index (χ0v) is 11.6. The van der Waals surface area contributed by atoms with E-state index >= 15 is 0 Å². The van der Waals surface area contributed by atoms with Crippen LogP contribution in [0, 0.1) is 5.92 Å². The van der Waals surface area contributed by atoms with Crippen molar-refractivity contribution in [3.8, 4) is 0 Å². The molecule has 2 aliphatic rings. The van der Waals surface area contributed by atoms with Gasteiger partial charge in [-0.3, -0.25) is 4.90 Å². The number of anilines is 1. The normalized spacial score (nSPS) is 28.2. The molecule has 1 aromatic rings. The Hall–Kier alpha value is -1.20. The second-order valence-corrected chi connectivity index (χ2v) is 5.53. The highest BCUT2D eigenvalue weighted by Crippen LogP contribution is 2.32. The summed E-state index contributed by atoms with van der Waals surface area (Å²) >= 11 is 0.